The van der Waals surface area contributed by atoms with Gasteiger partial charge in [0.15, 0.2) is 0 Å². The summed E-state index contributed by atoms with van der Waals surface area (Å²) in [6.07, 6.45) is 0.916. The summed E-state index contributed by atoms with van der Waals surface area (Å²) in [5.74, 6) is 0.501. The molecular formula is C8H15NO2. The van der Waals surface area contributed by atoms with Gasteiger partial charge in [0.05, 0.1) is 6.61 Å². The van der Waals surface area contributed by atoms with Crippen molar-refractivity contribution in [2.45, 2.75) is 26.3 Å². The molecule has 1 rings (SSSR count). The second kappa shape index (κ2) is 3.72. The van der Waals surface area contributed by atoms with Crippen LogP contribution in [0.15, 0.2) is 0 Å². The molecule has 0 amide bonds. The molecule has 1 fully saturated rings. The molecule has 1 aliphatic rings. The summed E-state index contributed by atoms with van der Waals surface area (Å²) in [7, 11) is 0. The van der Waals surface area contributed by atoms with Crippen LogP contribution in [0.1, 0.15) is 20.3 Å². The standard InChI is InChI=1S/C8H15NO2/c1-3-11-8(10)7-4-6(2)5-9-7/h6-7,9H,3-5H2,1-2H3/t6-,7+/m1/s1. The first-order valence-corrected chi connectivity index (χ1v) is 4.14. The lowest BCUT2D eigenvalue weighted by Crippen LogP contribution is -2.32. The Kier molecular flexibility index (Phi) is 2.88. The van der Waals surface area contributed by atoms with E-state index in [-0.39, 0.29) is 12.0 Å². The molecule has 1 N–H and O–H groups in total. The Labute approximate surface area is 67.1 Å². The molecule has 0 aromatic heterocycles. The monoisotopic (exact) mass is 157 g/mol. The summed E-state index contributed by atoms with van der Waals surface area (Å²) < 4.78 is 4.87. The maximum Gasteiger partial charge on any atom is 0.323 e. The zero-order chi connectivity index (χ0) is 8.27. The first-order valence-electron chi connectivity index (χ1n) is 4.14. The molecular weight excluding hydrogens is 142 g/mol. The van der Waals surface area contributed by atoms with E-state index in [1.165, 1.54) is 0 Å². The molecule has 2 atom stereocenters. The third-order valence-electron chi connectivity index (χ3n) is 1.92. The molecule has 0 aromatic carbocycles. The van der Waals surface area contributed by atoms with Crippen LogP contribution in [0.2, 0.25) is 0 Å². The third-order valence-corrected chi connectivity index (χ3v) is 1.92. The molecule has 11 heavy (non-hydrogen) atoms. The Bertz CT molecular complexity index is 147. The minimum absolute atomic E-state index is 0.0510. The average Bonchev–Trinajstić information content (AvgIpc) is 2.36. The van der Waals surface area contributed by atoms with E-state index < -0.39 is 0 Å². The van der Waals surface area contributed by atoms with E-state index >= 15 is 0 Å². The van der Waals surface area contributed by atoms with Crippen molar-refractivity contribution in [2.24, 2.45) is 5.92 Å². The van der Waals surface area contributed by atoms with Gasteiger partial charge < -0.3 is 10.1 Å². The zero-order valence-corrected chi connectivity index (χ0v) is 7.09. The summed E-state index contributed by atoms with van der Waals surface area (Å²) >= 11 is 0. The first-order chi connectivity index (χ1) is 5.24. The maximum absolute atomic E-state index is 11.1. The van der Waals surface area contributed by atoms with Gasteiger partial charge in [0.1, 0.15) is 6.04 Å². The number of hydrogen-bond acceptors (Lipinski definition) is 3. The van der Waals surface area contributed by atoms with E-state index in [1.54, 1.807) is 0 Å². The highest BCUT2D eigenvalue weighted by atomic mass is 16.5. The molecule has 1 saturated heterocycles. The van der Waals surface area contributed by atoms with Gasteiger partial charge in [-0.1, -0.05) is 6.92 Å². The van der Waals surface area contributed by atoms with Crippen LogP contribution in [0.4, 0.5) is 0 Å². The van der Waals surface area contributed by atoms with Gasteiger partial charge in [-0.3, -0.25) is 4.79 Å². The quantitative estimate of drug-likeness (QED) is 0.595. The Morgan fingerprint density at radius 1 is 1.73 bits per heavy atom. The van der Waals surface area contributed by atoms with Crippen LogP contribution in [0.5, 0.6) is 0 Å². The number of hydrogen-bond donors (Lipinski definition) is 1. The predicted molar refractivity (Wildman–Crippen MR) is 42.2 cm³/mol. The Hall–Kier alpha value is -0.570. The number of ether oxygens (including phenoxy) is 1. The molecule has 0 radical (unpaired) electrons. The lowest BCUT2D eigenvalue weighted by atomic mass is 10.1. The summed E-state index contributed by atoms with van der Waals surface area (Å²) in [5.41, 5.74) is 0. The Morgan fingerprint density at radius 3 is 2.91 bits per heavy atom. The van der Waals surface area contributed by atoms with Gasteiger partial charge in [0.2, 0.25) is 0 Å². The van der Waals surface area contributed by atoms with E-state index in [9.17, 15) is 4.79 Å². The lowest BCUT2D eigenvalue weighted by Gasteiger charge is -2.07. The van der Waals surface area contributed by atoms with Crippen molar-refractivity contribution < 1.29 is 9.53 Å². The van der Waals surface area contributed by atoms with Crippen molar-refractivity contribution in [3.63, 3.8) is 0 Å². The second-order valence-electron chi connectivity index (χ2n) is 3.05. The van der Waals surface area contributed by atoms with Crippen molar-refractivity contribution in [1.82, 2.24) is 5.32 Å². The molecule has 0 aromatic rings. The van der Waals surface area contributed by atoms with Crippen LogP contribution in [0, 0.1) is 5.92 Å². The number of rotatable bonds is 2. The minimum Gasteiger partial charge on any atom is -0.465 e. The lowest BCUT2D eigenvalue weighted by molar-refractivity contribution is -0.145. The topological polar surface area (TPSA) is 38.3 Å². The number of carbonyl (C=O) groups excluding carboxylic acids is 1. The van der Waals surface area contributed by atoms with Gasteiger partial charge in [0.25, 0.3) is 0 Å². The van der Waals surface area contributed by atoms with Gasteiger partial charge in [-0.05, 0) is 25.8 Å². The van der Waals surface area contributed by atoms with Gasteiger partial charge >= 0.3 is 5.97 Å². The highest BCUT2D eigenvalue weighted by Crippen LogP contribution is 2.13. The van der Waals surface area contributed by atoms with Gasteiger partial charge in [-0.2, -0.15) is 0 Å². The molecule has 1 aliphatic heterocycles. The van der Waals surface area contributed by atoms with Crippen molar-refractivity contribution in [1.29, 1.82) is 0 Å². The second-order valence-corrected chi connectivity index (χ2v) is 3.05. The van der Waals surface area contributed by atoms with Gasteiger partial charge in [-0.25, -0.2) is 0 Å². The average molecular weight is 157 g/mol. The molecule has 3 nitrogen and oxygen atoms in total. The highest BCUT2D eigenvalue weighted by Gasteiger charge is 2.27. The molecule has 0 spiro atoms. The van der Waals surface area contributed by atoms with Crippen LogP contribution < -0.4 is 5.32 Å². The fourth-order valence-corrected chi connectivity index (χ4v) is 1.33. The summed E-state index contributed by atoms with van der Waals surface area (Å²) in [6, 6.07) is -0.0510. The number of nitrogens with one attached hydrogen (secondary N) is 1. The van der Waals surface area contributed by atoms with Crippen LogP contribution in [-0.4, -0.2) is 25.2 Å². The van der Waals surface area contributed by atoms with Crippen LogP contribution in [0.3, 0.4) is 0 Å². The fraction of sp³-hybridized carbons (Fsp3) is 0.875. The molecule has 3 heteroatoms. The predicted octanol–water partition coefficient (Wildman–Crippen LogP) is 0.547. The first kappa shape index (κ1) is 8.53. The number of esters is 1. The molecule has 0 aliphatic carbocycles. The fourth-order valence-electron chi connectivity index (χ4n) is 1.33. The molecule has 64 valence electrons. The smallest absolute Gasteiger partial charge is 0.323 e. The van der Waals surface area contributed by atoms with Crippen molar-refractivity contribution in [3.05, 3.63) is 0 Å². The Balaban J connectivity index is 2.31. The van der Waals surface area contributed by atoms with Gasteiger partial charge in [-0.15, -0.1) is 0 Å². The van der Waals surface area contributed by atoms with Crippen LogP contribution >= 0.6 is 0 Å². The maximum atomic E-state index is 11.1. The van der Waals surface area contributed by atoms with Gasteiger partial charge in [0, 0.05) is 0 Å². The molecule has 0 saturated carbocycles. The summed E-state index contributed by atoms with van der Waals surface area (Å²) in [4.78, 5) is 11.1. The third kappa shape index (κ3) is 2.19. The number of carbonyl (C=O) groups is 1. The van der Waals surface area contributed by atoms with Crippen molar-refractivity contribution >= 4 is 5.97 Å². The highest BCUT2D eigenvalue weighted by molar-refractivity contribution is 5.76. The van der Waals surface area contributed by atoms with E-state index in [0.717, 1.165) is 13.0 Å². The Morgan fingerprint density at radius 2 is 2.45 bits per heavy atom. The van der Waals surface area contributed by atoms with Crippen LogP contribution in [0.25, 0.3) is 0 Å². The normalized spacial score (nSPS) is 30.4. The van der Waals surface area contributed by atoms with E-state index in [2.05, 4.69) is 12.2 Å². The van der Waals surface area contributed by atoms with E-state index in [0.29, 0.717) is 12.5 Å². The SMILES string of the molecule is CCOC(=O)[C@@H]1C[C@@H](C)CN1. The molecule has 0 unspecified atom stereocenters. The van der Waals surface area contributed by atoms with Crippen molar-refractivity contribution in [2.75, 3.05) is 13.2 Å². The molecule has 1 heterocycles. The van der Waals surface area contributed by atoms with E-state index in [4.69, 9.17) is 4.74 Å². The largest absolute Gasteiger partial charge is 0.465 e. The van der Waals surface area contributed by atoms with Crippen LogP contribution in [-0.2, 0) is 9.53 Å². The van der Waals surface area contributed by atoms with Crippen molar-refractivity contribution in [3.8, 4) is 0 Å². The van der Waals surface area contributed by atoms with E-state index in [1.807, 2.05) is 6.92 Å². The summed E-state index contributed by atoms with van der Waals surface area (Å²) in [5, 5.41) is 3.12. The summed E-state index contributed by atoms with van der Waals surface area (Å²) in [6.45, 7) is 5.37. The zero-order valence-electron chi connectivity index (χ0n) is 7.09. The molecule has 0 bridgehead atoms. The minimum atomic E-state index is -0.100.